The van der Waals surface area contributed by atoms with Crippen LogP contribution in [0.15, 0.2) is 0 Å². The summed E-state index contributed by atoms with van der Waals surface area (Å²) in [6.07, 6.45) is 2.54. The minimum atomic E-state index is -2.76. The molecule has 0 aromatic heterocycles. The van der Waals surface area contributed by atoms with E-state index in [1.54, 1.807) is 0 Å². The summed E-state index contributed by atoms with van der Waals surface area (Å²) in [5.74, 6) is 1.39. The molecular weight excluding hydrogens is 224 g/mol. The first-order valence-corrected chi connectivity index (χ1v) is 8.04. The number of hydrogen-bond acceptors (Lipinski definition) is 4. The van der Waals surface area contributed by atoms with Crippen molar-refractivity contribution in [1.82, 2.24) is 10.2 Å². The van der Waals surface area contributed by atoms with Crippen LogP contribution in [0.1, 0.15) is 19.8 Å². The first-order chi connectivity index (χ1) is 7.57. The topological polar surface area (TPSA) is 49.4 Å². The molecule has 2 unspecified atom stereocenters. The number of hydrogen-bond donors (Lipinski definition) is 1. The fraction of sp³-hybridized carbons (Fsp3) is 1.00. The van der Waals surface area contributed by atoms with Crippen LogP contribution in [0.4, 0.5) is 0 Å². The summed E-state index contributed by atoms with van der Waals surface area (Å²) in [6.45, 7) is 6.05. The fourth-order valence-electron chi connectivity index (χ4n) is 2.72. The van der Waals surface area contributed by atoms with E-state index in [1.807, 2.05) is 6.92 Å². The molecule has 2 aliphatic heterocycles. The van der Waals surface area contributed by atoms with Crippen molar-refractivity contribution in [3.63, 3.8) is 0 Å². The summed E-state index contributed by atoms with van der Waals surface area (Å²) in [5.41, 5.74) is 0. The van der Waals surface area contributed by atoms with Crippen molar-refractivity contribution < 1.29 is 8.42 Å². The Balaban J connectivity index is 1.86. The number of sulfone groups is 1. The Morgan fingerprint density at radius 2 is 2.25 bits per heavy atom. The van der Waals surface area contributed by atoms with Crippen LogP contribution >= 0.6 is 0 Å². The lowest BCUT2D eigenvalue weighted by Gasteiger charge is -2.36. The number of rotatable bonds is 2. The van der Waals surface area contributed by atoms with Crippen molar-refractivity contribution in [2.75, 3.05) is 37.7 Å². The summed E-state index contributed by atoms with van der Waals surface area (Å²) in [4.78, 5) is 2.35. The van der Waals surface area contributed by atoms with Gasteiger partial charge in [-0.15, -0.1) is 0 Å². The molecule has 2 atom stereocenters. The first-order valence-electron chi connectivity index (χ1n) is 6.22. The van der Waals surface area contributed by atoms with Gasteiger partial charge >= 0.3 is 0 Å². The largest absolute Gasteiger partial charge is 0.316 e. The van der Waals surface area contributed by atoms with E-state index < -0.39 is 9.84 Å². The van der Waals surface area contributed by atoms with Crippen LogP contribution in [0.5, 0.6) is 0 Å². The van der Waals surface area contributed by atoms with E-state index in [1.165, 1.54) is 12.8 Å². The molecule has 0 radical (unpaired) electrons. The molecule has 2 fully saturated rings. The second kappa shape index (κ2) is 5.02. The van der Waals surface area contributed by atoms with Gasteiger partial charge in [0.05, 0.1) is 11.5 Å². The standard InChI is InChI=1S/C11H22N2O2S/c1-10-9-16(14,15)6-5-13(10)8-11-3-2-4-12-7-11/h10-12H,2-9H2,1H3. The molecule has 0 aliphatic carbocycles. The summed E-state index contributed by atoms with van der Waals surface area (Å²) in [7, 11) is -2.76. The zero-order valence-electron chi connectivity index (χ0n) is 9.98. The third-order valence-corrected chi connectivity index (χ3v) is 5.49. The molecule has 0 spiro atoms. The average Bonchev–Trinajstić information content (AvgIpc) is 2.23. The third kappa shape index (κ3) is 3.18. The molecule has 94 valence electrons. The van der Waals surface area contributed by atoms with Gasteiger partial charge < -0.3 is 5.32 Å². The Morgan fingerprint density at radius 3 is 2.88 bits per heavy atom. The van der Waals surface area contributed by atoms with E-state index in [0.717, 1.165) is 26.2 Å². The van der Waals surface area contributed by atoms with Crippen molar-refractivity contribution in [3.8, 4) is 0 Å². The maximum atomic E-state index is 11.5. The third-order valence-electron chi connectivity index (χ3n) is 3.70. The zero-order valence-corrected chi connectivity index (χ0v) is 10.8. The van der Waals surface area contributed by atoms with Crippen LogP contribution in [0, 0.1) is 5.92 Å². The fourth-order valence-corrected chi connectivity index (χ4v) is 4.34. The van der Waals surface area contributed by atoms with Crippen LogP contribution in [0.2, 0.25) is 0 Å². The smallest absolute Gasteiger partial charge is 0.153 e. The van der Waals surface area contributed by atoms with Gasteiger partial charge in [-0.1, -0.05) is 0 Å². The van der Waals surface area contributed by atoms with Gasteiger partial charge in [-0.25, -0.2) is 8.42 Å². The van der Waals surface area contributed by atoms with Crippen LogP contribution in [0.25, 0.3) is 0 Å². The molecular formula is C11H22N2O2S. The molecule has 16 heavy (non-hydrogen) atoms. The van der Waals surface area contributed by atoms with E-state index in [0.29, 0.717) is 17.4 Å². The van der Waals surface area contributed by atoms with Gasteiger partial charge in [0.2, 0.25) is 0 Å². The minimum Gasteiger partial charge on any atom is -0.316 e. The Kier molecular flexibility index (Phi) is 3.87. The lowest BCUT2D eigenvalue weighted by molar-refractivity contribution is 0.175. The zero-order chi connectivity index (χ0) is 11.6. The molecule has 2 saturated heterocycles. The molecule has 0 aromatic carbocycles. The van der Waals surface area contributed by atoms with E-state index in [-0.39, 0.29) is 6.04 Å². The van der Waals surface area contributed by atoms with Crippen molar-refractivity contribution in [3.05, 3.63) is 0 Å². The molecule has 1 N–H and O–H groups in total. The maximum Gasteiger partial charge on any atom is 0.153 e. The van der Waals surface area contributed by atoms with Gasteiger partial charge in [0.25, 0.3) is 0 Å². The molecule has 0 saturated carbocycles. The van der Waals surface area contributed by atoms with Gasteiger partial charge in [0.1, 0.15) is 0 Å². The lowest BCUT2D eigenvalue weighted by atomic mass is 9.98. The normalized spacial score (nSPS) is 36.1. The molecule has 0 amide bonds. The Bertz CT molecular complexity index is 323. The molecule has 2 heterocycles. The predicted octanol–water partition coefficient (Wildman–Crippen LogP) is 0.105. The minimum absolute atomic E-state index is 0.195. The highest BCUT2D eigenvalue weighted by Crippen LogP contribution is 2.17. The van der Waals surface area contributed by atoms with Crippen molar-refractivity contribution in [2.24, 2.45) is 5.92 Å². The van der Waals surface area contributed by atoms with E-state index in [2.05, 4.69) is 10.2 Å². The van der Waals surface area contributed by atoms with Gasteiger partial charge in [-0.2, -0.15) is 0 Å². The molecule has 2 aliphatic rings. The lowest BCUT2D eigenvalue weighted by Crippen LogP contribution is -2.50. The monoisotopic (exact) mass is 246 g/mol. The summed E-state index contributed by atoms with van der Waals surface area (Å²) in [6, 6.07) is 0.195. The van der Waals surface area contributed by atoms with Crippen LogP contribution in [-0.4, -0.2) is 57.0 Å². The quantitative estimate of drug-likeness (QED) is 0.751. The van der Waals surface area contributed by atoms with Crippen molar-refractivity contribution in [1.29, 1.82) is 0 Å². The molecule has 0 aromatic rings. The van der Waals surface area contributed by atoms with E-state index in [4.69, 9.17) is 0 Å². The van der Waals surface area contributed by atoms with Crippen LogP contribution < -0.4 is 5.32 Å². The van der Waals surface area contributed by atoms with Gasteiger partial charge in [0, 0.05) is 19.1 Å². The van der Waals surface area contributed by atoms with E-state index >= 15 is 0 Å². The van der Waals surface area contributed by atoms with Crippen LogP contribution in [0.3, 0.4) is 0 Å². The summed E-state index contributed by atoms with van der Waals surface area (Å²) >= 11 is 0. The van der Waals surface area contributed by atoms with Gasteiger partial charge in [0.15, 0.2) is 9.84 Å². The van der Waals surface area contributed by atoms with Crippen molar-refractivity contribution in [2.45, 2.75) is 25.8 Å². The number of piperidine rings is 1. The molecule has 4 nitrogen and oxygen atoms in total. The predicted molar refractivity (Wildman–Crippen MR) is 65.3 cm³/mol. The highest BCUT2D eigenvalue weighted by atomic mass is 32.2. The van der Waals surface area contributed by atoms with E-state index in [9.17, 15) is 8.42 Å². The maximum absolute atomic E-state index is 11.5. The second-order valence-electron chi connectivity index (χ2n) is 5.17. The van der Waals surface area contributed by atoms with Crippen molar-refractivity contribution >= 4 is 9.84 Å². The Morgan fingerprint density at radius 1 is 1.44 bits per heavy atom. The number of nitrogens with one attached hydrogen (secondary N) is 1. The van der Waals surface area contributed by atoms with Crippen LogP contribution in [-0.2, 0) is 9.84 Å². The summed E-state index contributed by atoms with van der Waals surface area (Å²) < 4.78 is 22.9. The SMILES string of the molecule is CC1CS(=O)(=O)CCN1CC1CCCNC1. The molecule has 2 rings (SSSR count). The highest BCUT2D eigenvalue weighted by molar-refractivity contribution is 7.91. The van der Waals surface area contributed by atoms with Gasteiger partial charge in [-0.05, 0) is 38.8 Å². The van der Waals surface area contributed by atoms with Gasteiger partial charge in [-0.3, -0.25) is 4.90 Å². The average molecular weight is 246 g/mol. The summed E-state index contributed by atoms with van der Waals surface area (Å²) in [5, 5.41) is 3.41. The Hall–Kier alpha value is -0.130. The number of nitrogens with zero attached hydrogens (tertiary/aromatic N) is 1. The second-order valence-corrected chi connectivity index (χ2v) is 7.40. The first kappa shape index (κ1) is 12.3. The Labute approximate surface area is 98.3 Å². The molecule has 0 bridgehead atoms. The molecule has 5 heteroatoms. The highest BCUT2D eigenvalue weighted by Gasteiger charge is 2.29.